The van der Waals surface area contributed by atoms with Gasteiger partial charge >= 0.3 is 0 Å². The number of aromatic nitrogens is 2. The van der Waals surface area contributed by atoms with E-state index in [1.54, 1.807) is 24.8 Å². The Kier molecular flexibility index (Phi) is 4.98. The minimum atomic E-state index is -0.769. The van der Waals surface area contributed by atoms with Crippen molar-refractivity contribution in [1.29, 1.82) is 0 Å². The summed E-state index contributed by atoms with van der Waals surface area (Å²) in [5.74, 6) is 6.92. The number of anilines is 2. The van der Waals surface area contributed by atoms with Crippen molar-refractivity contribution >= 4 is 23.5 Å². The van der Waals surface area contributed by atoms with E-state index in [1.807, 2.05) is 13.2 Å². The molecule has 1 atom stereocenters. The largest absolute Gasteiger partial charge is 0.387 e. The molecule has 1 rings (SSSR count). The van der Waals surface area contributed by atoms with Crippen molar-refractivity contribution in [3.8, 4) is 0 Å². The summed E-state index contributed by atoms with van der Waals surface area (Å²) in [6, 6.07) is 1.80. The van der Waals surface area contributed by atoms with Crippen molar-refractivity contribution in [2.45, 2.75) is 19.4 Å². The van der Waals surface area contributed by atoms with Crippen LogP contribution < -0.4 is 16.6 Å². The minimum absolute atomic E-state index is 0.358. The van der Waals surface area contributed by atoms with Crippen molar-refractivity contribution < 1.29 is 5.11 Å². The van der Waals surface area contributed by atoms with Gasteiger partial charge in [-0.3, -0.25) is 5.43 Å². The van der Waals surface area contributed by atoms with Crippen molar-refractivity contribution in [2.75, 3.05) is 29.3 Å². The van der Waals surface area contributed by atoms with Crippen LogP contribution in [-0.2, 0) is 0 Å². The highest BCUT2D eigenvalue weighted by atomic mass is 32.2. The van der Waals surface area contributed by atoms with Crippen LogP contribution in [0.2, 0.25) is 0 Å². The van der Waals surface area contributed by atoms with Gasteiger partial charge in [-0.25, -0.2) is 10.8 Å². The van der Waals surface area contributed by atoms with Crippen LogP contribution in [0.25, 0.3) is 0 Å². The van der Waals surface area contributed by atoms with E-state index in [9.17, 15) is 5.11 Å². The Morgan fingerprint density at radius 1 is 1.53 bits per heavy atom. The molecule has 0 aromatic carbocycles. The standard InChI is InChI=1S/C10H19N5OS/c1-7-4-8(14-9(13-7)15-11)12-5-10(2,16)6-17-3/h4,16H,5-6,11H2,1-3H3,(H2,12,13,14,15). The second kappa shape index (κ2) is 6.04. The van der Waals surface area contributed by atoms with Gasteiger partial charge < -0.3 is 10.4 Å². The molecular weight excluding hydrogens is 238 g/mol. The average molecular weight is 257 g/mol. The molecule has 96 valence electrons. The quantitative estimate of drug-likeness (QED) is 0.437. The predicted molar refractivity (Wildman–Crippen MR) is 72.1 cm³/mol. The number of rotatable bonds is 6. The zero-order chi connectivity index (χ0) is 12.9. The number of hydrogen-bond acceptors (Lipinski definition) is 7. The summed E-state index contributed by atoms with van der Waals surface area (Å²) in [5.41, 5.74) is 2.44. The molecule has 7 heteroatoms. The lowest BCUT2D eigenvalue weighted by Gasteiger charge is -2.22. The zero-order valence-electron chi connectivity index (χ0n) is 10.3. The first kappa shape index (κ1) is 14.0. The van der Waals surface area contributed by atoms with Crippen LogP contribution in [0.1, 0.15) is 12.6 Å². The maximum atomic E-state index is 10.0. The molecule has 0 aliphatic rings. The molecule has 0 radical (unpaired) electrons. The molecule has 17 heavy (non-hydrogen) atoms. The van der Waals surface area contributed by atoms with Crippen LogP contribution in [-0.4, -0.2) is 39.2 Å². The number of hydrazine groups is 1. The van der Waals surface area contributed by atoms with Crippen molar-refractivity contribution in [3.05, 3.63) is 11.8 Å². The molecule has 0 saturated heterocycles. The summed E-state index contributed by atoms with van der Waals surface area (Å²) in [4.78, 5) is 8.22. The lowest BCUT2D eigenvalue weighted by atomic mass is 10.1. The van der Waals surface area contributed by atoms with Gasteiger partial charge in [-0.15, -0.1) is 0 Å². The number of nitrogens with one attached hydrogen (secondary N) is 2. The lowest BCUT2D eigenvalue weighted by Crippen LogP contribution is -2.36. The molecule has 0 amide bonds. The Morgan fingerprint density at radius 3 is 2.82 bits per heavy atom. The van der Waals surface area contributed by atoms with Crippen molar-refractivity contribution in [3.63, 3.8) is 0 Å². The smallest absolute Gasteiger partial charge is 0.239 e. The van der Waals surface area contributed by atoms with E-state index in [-0.39, 0.29) is 0 Å². The molecule has 0 bridgehead atoms. The fourth-order valence-electron chi connectivity index (χ4n) is 1.37. The fourth-order valence-corrected chi connectivity index (χ4v) is 2.09. The Bertz CT molecular complexity index is 372. The summed E-state index contributed by atoms with van der Waals surface area (Å²) in [6.45, 7) is 4.06. The molecule has 1 unspecified atom stereocenters. The highest BCUT2D eigenvalue weighted by Gasteiger charge is 2.19. The van der Waals surface area contributed by atoms with E-state index < -0.39 is 5.60 Å². The molecule has 1 aromatic heterocycles. The van der Waals surface area contributed by atoms with Crippen LogP contribution in [0.4, 0.5) is 11.8 Å². The second-order valence-corrected chi connectivity index (χ2v) is 5.01. The first-order valence-electron chi connectivity index (χ1n) is 5.24. The van der Waals surface area contributed by atoms with E-state index in [0.717, 1.165) is 5.69 Å². The number of nitrogen functional groups attached to an aromatic ring is 1. The van der Waals surface area contributed by atoms with Gasteiger partial charge in [-0.2, -0.15) is 16.7 Å². The van der Waals surface area contributed by atoms with E-state index in [1.165, 1.54) is 0 Å². The van der Waals surface area contributed by atoms with Crippen LogP contribution in [0.15, 0.2) is 6.07 Å². The maximum absolute atomic E-state index is 10.0. The summed E-state index contributed by atoms with van der Waals surface area (Å²) < 4.78 is 0. The van der Waals surface area contributed by atoms with Crippen molar-refractivity contribution in [1.82, 2.24) is 9.97 Å². The van der Waals surface area contributed by atoms with Gasteiger partial charge in [-0.1, -0.05) is 0 Å². The highest BCUT2D eigenvalue weighted by Crippen LogP contribution is 2.13. The summed E-state index contributed by atoms with van der Waals surface area (Å²) >= 11 is 1.60. The first-order valence-corrected chi connectivity index (χ1v) is 6.64. The molecular formula is C10H19N5OS. The fraction of sp³-hybridized carbons (Fsp3) is 0.600. The maximum Gasteiger partial charge on any atom is 0.239 e. The third kappa shape index (κ3) is 4.76. The molecule has 0 aliphatic heterocycles. The van der Waals surface area contributed by atoms with Gasteiger partial charge in [0.25, 0.3) is 0 Å². The van der Waals surface area contributed by atoms with Crippen LogP contribution in [0.5, 0.6) is 0 Å². The second-order valence-electron chi connectivity index (χ2n) is 4.15. The van der Waals surface area contributed by atoms with Crippen molar-refractivity contribution in [2.24, 2.45) is 5.84 Å². The monoisotopic (exact) mass is 257 g/mol. The summed E-state index contributed by atoms with van der Waals surface area (Å²) in [6.07, 6.45) is 1.96. The Balaban J connectivity index is 2.65. The molecule has 0 fully saturated rings. The SMILES string of the molecule is CSCC(C)(O)CNc1cc(C)nc(NN)n1. The van der Waals surface area contributed by atoms with Gasteiger partial charge in [0, 0.05) is 24.1 Å². The predicted octanol–water partition coefficient (Wildman–Crippen LogP) is 0.597. The number of nitrogens with zero attached hydrogens (tertiary/aromatic N) is 2. The van der Waals surface area contributed by atoms with Gasteiger partial charge in [0.1, 0.15) is 5.82 Å². The topological polar surface area (TPSA) is 96.1 Å². The number of nitrogens with two attached hydrogens (primary N) is 1. The zero-order valence-corrected chi connectivity index (χ0v) is 11.1. The molecule has 5 N–H and O–H groups in total. The van der Waals surface area contributed by atoms with Gasteiger partial charge in [0.15, 0.2) is 0 Å². The van der Waals surface area contributed by atoms with E-state index >= 15 is 0 Å². The third-order valence-corrected chi connectivity index (χ3v) is 3.00. The first-order chi connectivity index (χ1) is 7.96. The average Bonchev–Trinajstić information content (AvgIpc) is 2.26. The van der Waals surface area contributed by atoms with Crippen LogP contribution in [0, 0.1) is 6.92 Å². The summed E-state index contributed by atoms with van der Waals surface area (Å²) in [5, 5.41) is 13.1. The molecule has 1 heterocycles. The normalized spacial score (nSPS) is 14.2. The summed E-state index contributed by atoms with van der Waals surface area (Å²) in [7, 11) is 0. The molecule has 0 aliphatic carbocycles. The van der Waals surface area contributed by atoms with E-state index in [4.69, 9.17) is 5.84 Å². The Hall–Kier alpha value is -1.05. The van der Waals surface area contributed by atoms with E-state index in [0.29, 0.717) is 24.1 Å². The Labute approximate surface area is 105 Å². The van der Waals surface area contributed by atoms with Gasteiger partial charge in [0.05, 0.1) is 5.60 Å². The number of aryl methyl sites for hydroxylation is 1. The van der Waals surface area contributed by atoms with E-state index in [2.05, 4.69) is 20.7 Å². The number of hydrogen-bond donors (Lipinski definition) is 4. The number of aliphatic hydroxyl groups is 1. The molecule has 0 saturated carbocycles. The van der Waals surface area contributed by atoms with Crippen LogP contribution >= 0.6 is 11.8 Å². The minimum Gasteiger partial charge on any atom is -0.387 e. The molecule has 1 aromatic rings. The third-order valence-electron chi connectivity index (χ3n) is 2.09. The highest BCUT2D eigenvalue weighted by molar-refractivity contribution is 7.98. The molecule has 6 nitrogen and oxygen atoms in total. The van der Waals surface area contributed by atoms with Crippen LogP contribution in [0.3, 0.4) is 0 Å². The lowest BCUT2D eigenvalue weighted by molar-refractivity contribution is 0.0996. The van der Waals surface area contributed by atoms with Gasteiger partial charge in [-0.05, 0) is 20.1 Å². The van der Waals surface area contributed by atoms with Gasteiger partial charge in [0.2, 0.25) is 5.95 Å². The molecule has 0 spiro atoms. The Morgan fingerprint density at radius 2 is 2.24 bits per heavy atom. The number of thioether (sulfide) groups is 1.